The number of benzene rings is 8. The van der Waals surface area contributed by atoms with E-state index in [-0.39, 0.29) is 5.41 Å². The van der Waals surface area contributed by atoms with Crippen molar-refractivity contribution in [2.24, 2.45) is 5.92 Å². The first-order valence-electron chi connectivity index (χ1n) is 16.3. The van der Waals surface area contributed by atoms with Crippen molar-refractivity contribution < 1.29 is 0 Å². The Bertz CT molecular complexity index is 2430. The highest BCUT2D eigenvalue weighted by molar-refractivity contribution is 6.25. The molecule has 0 spiro atoms. The molecule has 1 aliphatic rings. The minimum atomic E-state index is 0.00470. The van der Waals surface area contributed by atoms with Gasteiger partial charge in [0.25, 0.3) is 0 Å². The lowest BCUT2D eigenvalue weighted by molar-refractivity contribution is 0.648. The molecule has 0 unspecified atom stereocenters. The lowest BCUT2D eigenvalue weighted by Gasteiger charge is -2.22. The second kappa shape index (κ2) is 9.53. The van der Waals surface area contributed by atoms with Gasteiger partial charge >= 0.3 is 0 Å². The van der Waals surface area contributed by atoms with Crippen molar-refractivity contribution in [3.8, 4) is 33.4 Å². The molecular weight excluding hydrogens is 540 g/mol. The Balaban J connectivity index is 1.12. The first-order chi connectivity index (χ1) is 21.8. The molecule has 0 saturated heterocycles. The lowest BCUT2D eigenvalue weighted by atomic mass is 9.81. The molecule has 0 aromatic heterocycles. The zero-order valence-electron chi connectivity index (χ0n) is 26.4. The van der Waals surface area contributed by atoms with Gasteiger partial charge in [-0.25, -0.2) is 0 Å². The molecule has 0 heterocycles. The number of fused-ring (bicyclic) bond motifs is 4. The molecular formula is C45H36. The van der Waals surface area contributed by atoms with E-state index in [2.05, 4.69) is 155 Å². The monoisotopic (exact) mass is 576 g/mol. The van der Waals surface area contributed by atoms with Crippen LogP contribution in [-0.2, 0) is 11.8 Å². The molecule has 0 heteroatoms. The predicted molar refractivity (Wildman–Crippen MR) is 195 cm³/mol. The van der Waals surface area contributed by atoms with Crippen LogP contribution < -0.4 is 0 Å². The first-order valence-corrected chi connectivity index (χ1v) is 16.3. The van der Waals surface area contributed by atoms with Gasteiger partial charge in [0.15, 0.2) is 0 Å². The highest BCUT2D eigenvalue weighted by Gasteiger charge is 2.35. The fourth-order valence-electron chi connectivity index (χ4n) is 8.20. The average molecular weight is 577 g/mol. The van der Waals surface area contributed by atoms with Gasteiger partial charge < -0.3 is 0 Å². The smallest absolute Gasteiger partial charge is 0.0159 e. The summed E-state index contributed by atoms with van der Waals surface area (Å²) < 4.78 is 0. The molecule has 0 radical (unpaired) electrons. The Kier molecular flexibility index (Phi) is 5.60. The first kappa shape index (κ1) is 26.5. The van der Waals surface area contributed by atoms with E-state index in [9.17, 15) is 0 Å². The summed E-state index contributed by atoms with van der Waals surface area (Å²) in [4.78, 5) is 0. The van der Waals surface area contributed by atoms with Gasteiger partial charge in [0.05, 0.1) is 0 Å². The lowest BCUT2D eigenvalue weighted by Crippen LogP contribution is -2.14. The van der Waals surface area contributed by atoms with Crippen LogP contribution in [0.15, 0.2) is 127 Å². The summed E-state index contributed by atoms with van der Waals surface area (Å²) in [7, 11) is 0. The molecule has 0 saturated carbocycles. The predicted octanol–water partition coefficient (Wildman–Crippen LogP) is 12.6. The quantitative estimate of drug-likeness (QED) is 0.183. The van der Waals surface area contributed by atoms with Crippen molar-refractivity contribution in [1.29, 1.82) is 0 Å². The van der Waals surface area contributed by atoms with Gasteiger partial charge in [-0.15, -0.1) is 0 Å². The van der Waals surface area contributed by atoms with E-state index in [1.54, 1.807) is 0 Å². The molecule has 216 valence electrons. The van der Waals surface area contributed by atoms with Gasteiger partial charge in [0, 0.05) is 5.41 Å². The van der Waals surface area contributed by atoms with E-state index in [0.717, 1.165) is 6.42 Å². The van der Waals surface area contributed by atoms with Crippen LogP contribution in [0.3, 0.4) is 0 Å². The zero-order chi connectivity index (χ0) is 30.4. The Morgan fingerprint density at radius 2 is 1.04 bits per heavy atom. The fourth-order valence-corrected chi connectivity index (χ4v) is 8.20. The van der Waals surface area contributed by atoms with Crippen LogP contribution in [0.1, 0.15) is 44.4 Å². The average Bonchev–Trinajstić information content (AvgIpc) is 3.28. The summed E-state index contributed by atoms with van der Waals surface area (Å²) in [6.45, 7) is 9.31. The maximum Gasteiger partial charge on any atom is 0.0159 e. The summed E-state index contributed by atoms with van der Waals surface area (Å²) in [6, 6.07) is 48.5. The topological polar surface area (TPSA) is 0 Å². The molecule has 0 nitrogen and oxygen atoms in total. The van der Waals surface area contributed by atoms with Crippen molar-refractivity contribution in [2.45, 2.75) is 39.5 Å². The third-order valence-corrected chi connectivity index (χ3v) is 10.4. The third-order valence-electron chi connectivity index (χ3n) is 10.4. The van der Waals surface area contributed by atoms with E-state index < -0.39 is 0 Å². The Morgan fingerprint density at radius 3 is 1.84 bits per heavy atom. The minimum absolute atomic E-state index is 0.00470. The van der Waals surface area contributed by atoms with Crippen LogP contribution in [0, 0.1) is 5.92 Å². The highest BCUT2D eigenvalue weighted by atomic mass is 14.4. The fraction of sp³-hybridized carbons (Fsp3) is 0.156. The van der Waals surface area contributed by atoms with Crippen LogP contribution in [-0.4, -0.2) is 0 Å². The summed E-state index contributed by atoms with van der Waals surface area (Å²) in [5, 5.41) is 10.7. The molecule has 0 amide bonds. The molecule has 1 aliphatic carbocycles. The third kappa shape index (κ3) is 3.98. The molecule has 0 N–H and O–H groups in total. The van der Waals surface area contributed by atoms with Crippen LogP contribution in [0.2, 0.25) is 0 Å². The SMILES string of the molecule is CC(C)Cc1cc2ccc3ccc(-c4ccc5cc(-c6ccc7c(c6)C(C)(C)c6ccccc6-7)ccc5c4)c4ccc(c1)c2c34. The molecule has 0 fully saturated rings. The van der Waals surface area contributed by atoms with Crippen molar-refractivity contribution >= 4 is 43.1 Å². The second-order valence-corrected chi connectivity index (χ2v) is 14.1. The van der Waals surface area contributed by atoms with Crippen molar-refractivity contribution in [2.75, 3.05) is 0 Å². The maximum atomic E-state index is 2.42. The molecule has 8 aromatic rings. The molecule has 45 heavy (non-hydrogen) atoms. The Hall–Kier alpha value is -4.94. The summed E-state index contributed by atoms with van der Waals surface area (Å²) in [5.41, 5.74) is 12.1. The number of hydrogen-bond donors (Lipinski definition) is 0. The zero-order valence-corrected chi connectivity index (χ0v) is 26.4. The second-order valence-electron chi connectivity index (χ2n) is 14.1. The van der Waals surface area contributed by atoms with E-state index in [1.807, 2.05) is 0 Å². The minimum Gasteiger partial charge on any atom is -0.0625 e. The standard InChI is InChI=1S/C45H36/c1-27(2)21-28-22-35-14-9-29-15-18-37(40-20-17-36(23-28)43(35)44(29)40)34-13-12-30-24-31(10-11-32(30)25-34)33-16-19-39-38-7-5-6-8-41(38)45(3,4)42(39)26-33/h5-20,22-27H,21H2,1-4H3. The normalized spacial score (nSPS) is 13.8. The highest BCUT2D eigenvalue weighted by Crippen LogP contribution is 2.49. The van der Waals surface area contributed by atoms with Gasteiger partial charge in [0.1, 0.15) is 0 Å². The van der Waals surface area contributed by atoms with Crippen LogP contribution in [0.4, 0.5) is 0 Å². The van der Waals surface area contributed by atoms with Crippen LogP contribution in [0.25, 0.3) is 76.5 Å². The summed E-state index contributed by atoms with van der Waals surface area (Å²) >= 11 is 0. The van der Waals surface area contributed by atoms with Crippen molar-refractivity contribution in [3.05, 3.63) is 144 Å². The molecule has 8 aromatic carbocycles. The summed E-state index contributed by atoms with van der Waals surface area (Å²) in [5.74, 6) is 0.646. The van der Waals surface area contributed by atoms with Gasteiger partial charge in [0.2, 0.25) is 0 Å². The van der Waals surface area contributed by atoms with E-state index in [0.29, 0.717) is 5.92 Å². The molecule has 0 bridgehead atoms. The van der Waals surface area contributed by atoms with Gasteiger partial charge in [-0.1, -0.05) is 137 Å². The number of rotatable bonds is 4. The van der Waals surface area contributed by atoms with Crippen LogP contribution in [0.5, 0.6) is 0 Å². The van der Waals surface area contributed by atoms with Crippen molar-refractivity contribution in [1.82, 2.24) is 0 Å². The molecule has 9 rings (SSSR count). The van der Waals surface area contributed by atoms with Crippen LogP contribution >= 0.6 is 0 Å². The van der Waals surface area contributed by atoms with E-state index in [1.165, 1.54) is 93.2 Å². The van der Waals surface area contributed by atoms with E-state index >= 15 is 0 Å². The van der Waals surface area contributed by atoms with Gasteiger partial charge in [-0.3, -0.25) is 0 Å². The summed E-state index contributed by atoms with van der Waals surface area (Å²) in [6.07, 6.45) is 1.11. The number of hydrogen-bond acceptors (Lipinski definition) is 0. The largest absolute Gasteiger partial charge is 0.0625 e. The Morgan fingerprint density at radius 1 is 0.467 bits per heavy atom. The maximum absolute atomic E-state index is 2.42. The van der Waals surface area contributed by atoms with Gasteiger partial charge in [-0.05, 0) is 124 Å². The van der Waals surface area contributed by atoms with E-state index in [4.69, 9.17) is 0 Å². The molecule has 0 aliphatic heterocycles. The Labute approximate surface area is 265 Å². The van der Waals surface area contributed by atoms with Crippen molar-refractivity contribution in [3.63, 3.8) is 0 Å². The molecule has 0 atom stereocenters. The van der Waals surface area contributed by atoms with Gasteiger partial charge in [-0.2, -0.15) is 0 Å².